The first kappa shape index (κ1) is 21.6. The second-order valence-electron chi connectivity index (χ2n) is 6.12. The predicted octanol–water partition coefficient (Wildman–Crippen LogP) is 1.74. The lowest BCUT2D eigenvalue weighted by molar-refractivity contribution is -0.117. The van der Waals surface area contributed by atoms with E-state index in [0.29, 0.717) is 43.3 Å². The Labute approximate surface area is 164 Å². The maximum Gasteiger partial charge on any atom is 0.253 e. The van der Waals surface area contributed by atoms with Crippen molar-refractivity contribution in [2.75, 3.05) is 52.4 Å². The average molecular weight is 389 g/mol. The first-order chi connectivity index (χ1) is 13.6. The predicted molar refractivity (Wildman–Crippen MR) is 105 cm³/mol. The van der Waals surface area contributed by atoms with Gasteiger partial charge >= 0.3 is 0 Å². The van der Waals surface area contributed by atoms with Gasteiger partial charge in [0.15, 0.2) is 0 Å². The number of nitrogens with zero attached hydrogens (tertiary/aromatic N) is 1. The van der Waals surface area contributed by atoms with E-state index in [-0.39, 0.29) is 24.9 Å². The molecule has 2 N–H and O–H groups in total. The van der Waals surface area contributed by atoms with Gasteiger partial charge in [-0.15, -0.1) is 0 Å². The molecule has 28 heavy (non-hydrogen) atoms. The largest absolute Gasteiger partial charge is 0.467 e. The Morgan fingerprint density at radius 1 is 1.04 bits per heavy atom. The molecule has 0 fully saturated rings. The van der Waals surface area contributed by atoms with E-state index in [1.54, 1.807) is 56.9 Å². The minimum Gasteiger partial charge on any atom is -0.467 e. The van der Waals surface area contributed by atoms with Crippen LogP contribution in [0.2, 0.25) is 0 Å². The van der Waals surface area contributed by atoms with Gasteiger partial charge in [-0.2, -0.15) is 0 Å². The van der Waals surface area contributed by atoms with Crippen LogP contribution in [0, 0.1) is 0 Å². The maximum absolute atomic E-state index is 12.5. The summed E-state index contributed by atoms with van der Waals surface area (Å²) < 4.78 is 15.4. The van der Waals surface area contributed by atoms with Gasteiger partial charge in [-0.25, -0.2) is 0 Å². The van der Waals surface area contributed by atoms with Crippen LogP contribution in [-0.4, -0.2) is 63.8 Å². The minimum absolute atomic E-state index is 0.176. The quantitative estimate of drug-likeness (QED) is 0.574. The van der Waals surface area contributed by atoms with Crippen molar-refractivity contribution in [3.63, 3.8) is 0 Å². The number of carbonyl (C=O) groups is 2. The molecule has 8 heteroatoms. The number of para-hydroxylation sites is 1. The molecule has 2 rings (SSSR count). The standard InChI is InChI=1S/C20H27N3O5/c1-26-12-9-23(10-13-27-2)15-19(24)22-18-8-4-3-7-17(18)20(25)21-14-16-6-5-11-28-16/h3-8,11H,9-10,12-15H2,1-2H3,(H,21,25)(H,22,24). The zero-order valence-corrected chi connectivity index (χ0v) is 16.3. The van der Waals surface area contributed by atoms with Crippen molar-refractivity contribution in [3.05, 3.63) is 54.0 Å². The molecule has 1 heterocycles. The smallest absolute Gasteiger partial charge is 0.253 e. The molecular weight excluding hydrogens is 362 g/mol. The van der Waals surface area contributed by atoms with E-state index in [9.17, 15) is 9.59 Å². The number of rotatable bonds is 12. The summed E-state index contributed by atoms with van der Waals surface area (Å²) in [5.74, 6) is 0.156. The van der Waals surface area contributed by atoms with Crippen LogP contribution in [-0.2, 0) is 20.8 Å². The lowest BCUT2D eigenvalue weighted by atomic mass is 10.1. The summed E-state index contributed by atoms with van der Waals surface area (Å²) in [5, 5.41) is 5.61. The van der Waals surface area contributed by atoms with Crippen molar-refractivity contribution in [1.29, 1.82) is 0 Å². The number of anilines is 1. The number of methoxy groups -OCH3 is 2. The molecule has 152 valence electrons. The van der Waals surface area contributed by atoms with Crippen LogP contribution < -0.4 is 10.6 Å². The van der Waals surface area contributed by atoms with E-state index in [1.807, 2.05) is 4.90 Å². The molecule has 0 spiro atoms. The Hall–Kier alpha value is -2.68. The fraction of sp³-hybridized carbons (Fsp3) is 0.400. The normalized spacial score (nSPS) is 10.8. The molecule has 2 amide bonds. The van der Waals surface area contributed by atoms with E-state index in [1.165, 1.54) is 0 Å². The molecule has 1 aromatic carbocycles. The number of hydrogen-bond acceptors (Lipinski definition) is 6. The third-order valence-electron chi connectivity index (χ3n) is 4.04. The van der Waals surface area contributed by atoms with Crippen molar-refractivity contribution in [2.24, 2.45) is 0 Å². The van der Waals surface area contributed by atoms with Crippen molar-refractivity contribution in [1.82, 2.24) is 10.2 Å². The van der Waals surface area contributed by atoms with E-state index < -0.39 is 0 Å². The highest BCUT2D eigenvalue weighted by Crippen LogP contribution is 2.15. The molecule has 0 saturated heterocycles. The number of furan rings is 1. The van der Waals surface area contributed by atoms with Crippen LogP contribution in [0.1, 0.15) is 16.1 Å². The van der Waals surface area contributed by atoms with Gasteiger partial charge in [-0.1, -0.05) is 12.1 Å². The molecule has 0 unspecified atom stereocenters. The zero-order chi connectivity index (χ0) is 20.2. The zero-order valence-electron chi connectivity index (χ0n) is 16.3. The number of benzene rings is 1. The highest BCUT2D eigenvalue weighted by Gasteiger charge is 2.15. The van der Waals surface area contributed by atoms with Gasteiger partial charge in [-0.05, 0) is 24.3 Å². The van der Waals surface area contributed by atoms with Gasteiger partial charge in [0.05, 0.1) is 43.8 Å². The monoisotopic (exact) mass is 389 g/mol. The van der Waals surface area contributed by atoms with Gasteiger partial charge in [0, 0.05) is 27.3 Å². The van der Waals surface area contributed by atoms with Crippen LogP contribution in [0.5, 0.6) is 0 Å². The van der Waals surface area contributed by atoms with Crippen LogP contribution in [0.3, 0.4) is 0 Å². The first-order valence-electron chi connectivity index (χ1n) is 9.03. The molecule has 0 radical (unpaired) electrons. The summed E-state index contributed by atoms with van der Waals surface area (Å²) in [6.07, 6.45) is 1.55. The van der Waals surface area contributed by atoms with E-state index in [2.05, 4.69) is 10.6 Å². The topological polar surface area (TPSA) is 93.0 Å². The Morgan fingerprint density at radius 2 is 1.75 bits per heavy atom. The fourth-order valence-electron chi connectivity index (χ4n) is 2.57. The fourth-order valence-corrected chi connectivity index (χ4v) is 2.57. The van der Waals surface area contributed by atoms with Gasteiger partial charge in [-0.3, -0.25) is 14.5 Å². The third kappa shape index (κ3) is 7.15. The average Bonchev–Trinajstić information content (AvgIpc) is 3.22. The number of amides is 2. The Bertz CT molecular complexity index is 725. The maximum atomic E-state index is 12.5. The van der Waals surface area contributed by atoms with Gasteiger partial charge in [0.1, 0.15) is 5.76 Å². The summed E-state index contributed by atoms with van der Waals surface area (Å²) >= 11 is 0. The molecule has 1 aromatic heterocycles. The molecule has 0 saturated carbocycles. The van der Waals surface area contributed by atoms with Crippen molar-refractivity contribution in [3.8, 4) is 0 Å². The summed E-state index contributed by atoms with van der Waals surface area (Å²) in [5.41, 5.74) is 0.852. The molecule has 0 aliphatic heterocycles. The molecular formula is C20H27N3O5. The van der Waals surface area contributed by atoms with Crippen molar-refractivity contribution >= 4 is 17.5 Å². The second kappa shape index (κ2) is 11.9. The second-order valence-corrected chi connectivity index (χ2v) is 6.12. The summed E-state index contributed by atoms with van der Waals surface area (Å²) in [6, 6.07) is 10.4. The highest BCUT2D eigenvalue weighted by atomic mass is 16.5. The first-order valence-corrected chi connectivity index (χ1v) is 9.03. The van der Waals surface area contributed by atoms with Gasteiger partial charge < -0.3 is 24.5 Å². The van der Waals surface area contributed by atoms with Crippen LogP contribution in [0.25, 0.3) is 0 Å². The highest BCUT2D eigenvalue weighted by molar-refractivity contribution is 6.04. The van der Waals surface area contributed by atoms with Gasteiger partial charge in [0.2, 0.25) is 5.91 Å². The van der Waals surface area contributed by atoms with E-state index in [4.69, 9.17) is 13.9 Å². The molecule has 0 atom stereocenters. The summed E-state index contributed by atoms with van der Waals surface area (Å²) in [4.78, 5) is 26.9. The SMILES string of the molecule is COCCN(CCOC)CC(=O)Nc1ccccc1C(=O)NCc1ccco1. The Kier molecular flexibility index (Phi) is 9.20. The molecule has 2 aromatic rings. The van der Waals surface area contributed by atoms with Crippen molar-refractivity contribution < 1.29 is 23.5 Å². The van der Waals surface area contributed by atoms with E-state index in [0.717, 1.165) is 0 Å². The van der Waals surface area contributed by atoms with Gasteiger partial charge in [0.25, 0.3) is 5.91 Å². The number of hydrogen-bond donors (Lipinski definition) is 2. The lowest BCUT2D eigenvalue weighted by Crippen LogP contribution is -2.37. The summed E-state index contributed by atoms with van der Waals surface area (Å²) in [7, 11) is 3.23. The molecule has 0 bridgehead atoms. The number of ether oxygens (including phenoxy) is 2. The molecule has 0 aliphatic carbocycles. The Balaban J connectivity index is 1.96. The Morgan fingerprint density at radius 3 is 2.39 bits per heavy atom. The summed E-state index contributed by atoms with van der Waals surface area (Å²) in [6.45, 7) is 2.70. The lowest BCUT2D eigenvalue weighted by Gasteiger charge is -2.21. The molecule has 8 nitrogen and oxygen atoms in total. The number of nitrogens with one attached hydrogen (secondary N) is 2. The van der Waals surface area contributed by atoms with E-state index >= 15 is 0 Å². The van der Waals surface area contributed by atoms with Crippen LogP contribution in [0.4, 0.5) is 5.69 Å². The molecule has 0 aliphatic rings. The van der Waals surface area contributed by atoms with Crippen LogP contribution in [0.15, 0.2) is 47.1 Å². The van der Waals surface area contributed by atoms with Crippen LogP contribution >= 0.6 is 0 Å². The minimum atomic E-state index is -0.289. The van der Waals surface area contributed by atoms with Crippen molar-refractivity contribution in [2.45, 2.75) is 6.54 Å². The number of carbonyl (C=O) groups excluding carboxylic acids is 2. The third-order valence-corrected chi connectivity index (χ3v) is 4.04.